The summed E-state index contributed by atoms with van der Waals surface area (Å²) in [6.45, 7) is 0.669. The first-order valence-electron chi connectivity index (χ1n) is 6.43. The fraction of sp³-hybridized carbons (Fsp3) is 0.133. The molecule has 2 amide bonds. The summed E-state index contributed by atoms with van der Waals surface area (Å²) in [5, 5.41) is 8.08. The summed E-state index contributed by atoms with van der Waals surface area (Å²) in [5.74, 6) is -0.598. The summed E-state index contributed by atoms with van der Waals surface area (Å²) in [5.41, 5.74) is 4.96. The van der Waals surface area contributed by atoms with Crippen LogP contribution in [-0.4, -0.2) is 24.6 Å². The lowest BCUT2D eigenvalue weighted by Gasteiger charge is -2.21. The first-order chi connectivity index (χ1) is 9.75. The number of imide groups is 1. The molecule has 0 saturated carbocycles. The van der Waals surface area contributed by atoms with E-state index in [1.54, 1.807) is 12.3 Å². The van der Waals surface area contributed by atoms with Crippen LogP contribution in [0.15, 0.2) is 35.4 Å². The maximum Gasteiger partial charge on any atom is 0.259 e. The minimum absolute atomic E-state index is 0.0569. The summed E-state index contributed by atoms with van der Waals surface area (Å²) >= 11 is 0. The Labute approximate surface area is 114 Å². The lowest BCUT2D eigenvalue weighted by Crippen LogP contribution is -2.36. The summed E-state index contributed by atoms with van der Waals surface area (Å²) in [4.78, 5) is 24.2. The molecule has 1 atom stereocenters. The molecular formula is C15H11N3O2. The molecule has 1 unspecified atom stereocenters. The van der Waals surface area contributed by atoms with Gasteiger partial charge in [0.05, 0.1) is 5.56 Å². The van der Waals surface area contributed by atoms with Crippen LogP contribution in [0, 0.1) is 0 Å². The molecule has 0 bridgehead atoms. The Hall–Kier alpha value is -2.69. The second-order valence-electron chi connectivity index (χ2n) is 4.96. The van der Waals surface area contributed by atoms with Crippen molar-refractivity contribution in [1.29, 1.82) is 0 Å². The molecule has 0 saturated heterocycles. The van der Waals surface area contributed by atoms with Crippen molar-refractivity contribution >= 4 is 28.8 Å². The average Bonchev–Trinajstić information content (AvgIpc) is 2.98. The van der Waals surface area contributed by atoms with Crippen molar-refractivity contribution in [2.24, 2.45) is 5.10 Å². The van der Waals surface area contributed by atoms with Gasteiger partial charge in [0.2, 0.25) is 0 Å². The molecule has 0 aromatic heterocycles. The molecule has 0 radical (unpaired) electrons. The largest absolute Gasteiger partial charge is 0.309 e. The number of carbonyl (C=O) groups is 2. The van der Waals surface area contributed by atoms with Gasteiger partial charge in [-0.1, -0.05) is 24.3 Å². The van der Waals surface area contributed by atoms with E-state index < -0.39 is 0 Å². The predicted molar refractivity (Wildman–Crippen MR) is 75.0 cm³/mol. The van der Waals surface area contributed by atoms with Gasteiger partial charge in [-0.05, 0) is 17.0 Å². The van der Waals surface area contributed by atoms with E-state index in [9.17, 15) is 9.59 Å². The van der Waals surface area contributed by atoms with Gasteiger partial charge in [0, 0.05) is 29.6 Å². The fourth-order valence-electron chi connectivity index (χ4n) is 2.91. The summed E-state index contributed by atoms with van der Waals surface area (Å²) < 4.78 is 0. The lowest BCUT2D eigenvalue weighted by atomic mass is 9.87. The Balaban J connectivity index is 2.09. The second-order valence-corrected chi connectivity index (χ2v) is 4.96. The van der Waals surface area contributed by atoms with Crippen LogP contribution in [-0.2, 0) is 0 Å². The van der Waals surface area contributed by atoms with E-state index in [1.165, 1.54) is 0 Å². The van der Waals surface area contributed by atoms with Gasteiger partial charge in [0.1, 0.15) is 0 Å². The SMILES string of the molecule is O=C1NC(=O)c2c(C3C=NNC3)ccc3cccc1c23. The van der Waals surface area contributed by atoms with Crippen molar-refractivity contribution in [2.75, 3.05) is 6.54 Å². The van der Waals surface area contributed by atoms with Crippen molar-refractivity contribution in [2.45, 2.75) is 5.92 Å². The van der Waals surface area contributed by atoms with Crippen molar-refractivity contribution in [1.82, 2.24) is 10.7 Å². The number of carbonyl (C=O) groups excluding carboxylic acids is 2. The minimum Gasteiger partial charge on any atom is -0.309 e. The summed E-state index contributed by atoms with van der Waals surface area (Å²) in [7, 11) is 0. The first kappa shape index (κ1) is 11.2. The van der Waals surface area contributed by atoms with Gasteiger partial charge in [0.25, 0.3) is 11.8 Å². The third kappa shape index (κ3) is 1.40. The zero-order valence-electron chi connectivity index (χ0n) is 10.5. The molecule has 98 valence electrons. The molecule has 2 aromatic rings. The molecule has 2 aliphatic rings. The smallest absolute Gasteiger partial charge is 0.259 e. The Kier molecular flexibility index (Phi) is 2.18. The van der Waals surface area contributed by atoms with E-state index >= 15 is 0 Å². The average molecular weight is 265 g/mol. The first-order valence-corrected chi connectivity index (χ1v) is 6.43. The van der Waals surface area contributed by atoms with Crippen LogP contribution in [0.25, 0.3) is 10.8 Å². The van der Waals surface area contributed by atoms with Crippen LogP contribution in [0.5, 0.6) is 0 Å². The monoisotopic (exact) mass is 265 g/mol. The van der Waals surface area contributed by atoms with Crippen LogP contribution in [0.2, 0.25) is 0 Å². The highest BCUT2D eigenvalue weighted by molar-refractivity contribution is 6.26. The summed E-state index contributed by atoms with van der Waals surface area (Å²) in [6.07, 6.45) is 1.80. The van der Waals surface area contributed by atoms with Crippen molar-refractivity contribution < 1.29 is 9.59 Å². The Morgan fingerprint density at radius 1 is 1.10 bits per heavy atom. The number of hydrazone groups is 1. The molecule has 0 aliphatic carbocycles. The molecule has 2 aliphatic heterocycles. The van der Waals surface area contributed by atoms with Crippen LogP contribution < -0.4 is 10.7 Å². The van der Waals surface area contributed by atoms with Crippen molar-refractivity contribution in [3.63, 3.8) is 0 Å². The van der Waals surface area contributed by atoms with Crippen LogP contribution >= 0.6 is 0 Å². The van der Waals surface area contributed by atoms with Crippen molar-refractivity contribution in [3.8, 4) is 0 Å². The van der Waals surface area contributed by atoms with E-state index in [0.29, 0.717) is 17.7 Å². The number of nitrogens with one attached hydrogen (secondary N) is 2. The number of hydrogen-bond acceptors (Lipinski definition) is 4. The fourth-order valence-corrected chi connectivity index (χ4v) is 2.91. The van der Waals surface area contributed by atoms with E-state index in [1.807, 2.05) is 24.3 Å². The number of rotatable bonds is 1. The number of amides is 2. The van der Waals surface area contributed by atoms with Gasteiger partial charge in [0.15, 0.2) is 0 Å². The van der Waals surface area contributed by atoms with Crippen LogP contribution in [0.1, 0.15) is 32.2 Å². The Bertz CT molecular complexity index is 795. The summed E-state index contributed by atoms with van der Waals surface area (Å²) in [6, 6.07) is 9.39. The second kappa shape index (κ2) is 3.90. The normalized spacial score (nSPS) is 20.1. The van der Waals surface area contributed by atoms with Gasteiger partial charge < -0.3 is 5.43 Å². The third-order valence-electron chi connectivity index (χ3n) is 3.83. The zero-order chi connectivity index (χ0) is 13.7. The van der Waals surface area contributed by atoms with Gasteiger partial charge in [-0.2, -0.15) is 5.10 Å². The number of hydrogen-bond donors (Lipinski definition) is 2. The van der Waals surface area contributed by atoms with Crippen LogP contribution in [0.3, 0.4) is 0 Å². The highest BCUT2D eigenvalue weighted by Gasteiger charge is 2.29. The minimum atomic E-state index is -0.330. The standard InChI is InChI=1S/C15H11N3O2/c19-14-11-3-1-2-8-4-5-10(9-6-16-17-7-9)13(12(8)11)15(20)18-14/h1-6,9,17H,7H2,(H,18,19,20). The van der Waals surface area contributed by atoms with E-state index in [0.717, 1.165) is 16.3 Å². The maximum atomic E-state index is 12.3. The van der Waals surface area contributed by atoms with Crippen molar-refractivity contribution in [3.05, 3.63) is 47.0 Å². The maximum absolute atomic E-state index is 12.3. The van der Waals surface area contributed by atoms with Gasteiger partial charge in [-0.3, -0.25) is 14.9 Å². The molecule has 2 heterocycles. The molecular weight excluding hydrogens is 254 g/mol. The molecule has 0 fully saturated rings. The number of nitrogens with zero attached hydrogens (tertiary/aromatic N) is 1. The molecule has 5 heteroatoms. The lowest BCUT2D eigenvalue weighted by molar-refractivity contribution is 0.0844. The Morgan fingerprint density at radius 3 is 2.80 bits per heavy atom. The topological polar surface area (TPSA) is 70.6 Å². The number of benzene rings is 2. The third-order valence-corrected chi connectivity index (χ3v) is 3.83. The van der Waals surface area contributed by atoms with E-state index in [2.05, 4.69) is 15.8 Å². The quantitative estimate of drug-likeness (QED) is 0.766. The van der Waals surface area contributed by atoms with Gasteiger partial charge in [-0.15, -0.1) is 0 Å². The molecule has 5 nitrogen and oxygen atoms in total. The van der Waals surface area contributed by atoms with Gasteiger partial charge in [-0.25, -0.2) is 0 Å². The zero-order valence-corrected chi connectivity index (χ0v) is 10.5. The van der Waals surface area contributed by atoms with Gasteiger partial charge >= 0.3 is 0 Å². The molecule has 4 rings (SSSR count). The highest BCUT2D eigenvalue weighted by atomic mass is 16.2. The molecule has 2 N–H and O–H groups in total. The highest BCUT2D eigenvalue weighted by Crippen LogP contribution is 2.32. The predicted octanol–water partition coefficient (Wildman–Crippen LogP) is 1.40. The molecule has 20 heavy (non-hydrogen) atoms. The molecule has 2 aromatic carbocycles. The van der Waals surface area contributed by atoms with E-state index in [4.69, 9.17) is 0 Å². The molecule has 0 spiro atoms. The van der Waals surface area contributed by atoms with Crippen LogP contribution in [0.4, 0.5) is 0 Å². The Morgan fingerprint density at radius 2 is 2.00 bits per heavy atom. The van der Waals surface area contributed by atoms with E-state index in [-0.39, 0.29) is 17.7 Å².